The van der Waals surface area contributed by atoms with E-state index >= 15 is 0 Å². The van der Waals surface area contributed by atoms with Gasteiger partial charge in [-0.2, -0.15) is 0 Å². The standard InChI is InChI=1S/C17H25NO/c1-16(2)10-7-13-5-6-14(11-15(13)19-16)17(12-18)8-3-4-9-17/h5-6,11H,3-4,7-10,12,18H2,1-2H3. The highest BCUT2D eigenvalue weighted by atomic mass is 16.5. The predicted molar refractivity (Wildman–Crippen MR) is 78.7 cm³/mol. The molecule has 1 fully saturated rings. The Morgan fingerprint density at radius 2 is 1.89 bits per heavy atom. The van der Waals surface area contributed by atoms with E-state index in [-0.39, 0.29) is 11.0 Å². The Bertz CT molecular complexity index is 472. The lowest BCUT2D eigenvalue weighted by molar-refractivity contribution is 0.0844. The van der Waals surface area contributed by atoms with Crippen LogP contribution in [0.5, 0.6) is 5.75 Å². The van der Waals surface area contributed by atoms with Crippen molar-refractivity contribution in [3.8, 4) is 5.75 Å². The molecule has 104 valence electrons. The Morgan fingerprint density at radius 3 is 2.58 bits per heavy atom. The zero-order valence-corrected chi connectivity index (χ0v) is 12.2. The zero-order chi connectivity index (χ0) is 13.5. The lowest BCUT2D eigenvalue weighted by Gasteiger charge is -2.35. The molecule has 0 bridgehead atoms. The summed E-state index contributed by atoms with van der Waals surface area (Å²) in [4.78, 5) is 0. The molecule has 0 saturated heterocycles. The number of aryl methyl sites for hydroxylation is 1. The van der Waals surface area contributed by atoms with Gasteiger partial charge in [0.05, 0.1) is 0 Å². The fourth-order valence-corrected chi connectivity index (χ4v) is 3.63. The van der Waals surface area contributed by atoms with E-state index in [1.807, 2.05) is 0 Å². The van der Waals surface area contributed by atoms with Crippen LogP contribution < -0.4 is 10.5 Å². The molecule has 0 radical (unpaired) electrons. The van der Waals surface area contributed by atoms with E-state index < -0.39 is 0 Å². The number of ether oxygens (including phenoxy) is 1. The van der Waals surface area contributed by atoms with E-state index in [4.69, 9.17) is 10.5 Å². The van der Waals surface area contributed by atoms with Gasteiger partial charge in [0.15, 0.2) is 0 Å². The van der Waals surface area contributed by atoms with Crippen molar-refractivity contribution in [2.75, 3.05) is 6.54 Å². The third kappa shape index (κ3) is 2.27. The molecule has 2 nitrogen and oxygen atoms in total. The van der Waals surface area contributed by atoms with Crippen LogP contribution in [0.3, 0.4) is 0 Å². The largest absolute Gasteiger partial charge is 0.488 e. The topological polar surface area (TPSA) is 35.2 Å². The number of rotatable bonds is 2. The van der Waals surface area contributed by atoms with Gasteiger partial charge in [-0.1, -0.05) is 25.0 Å². The van der Waals surface area contributed by atoms with Crippen LogP contribution in [0, 0.1) is 0 Å². The minimum Gasteiger partial charge on any atom is -0.488 e. The Kier molecular flexibility index (Phi) is 3.09. The fourth-order valence-electron chi connectivity index (χ4n) is 3.63. The highest BCUT2D eigenvalue weighted by Crippen LogP contribution is 2.43. The molecule has 1 saturated carbocycles. The summed E-state index contributed by atoms with van der Waals surface area (Å²) in [6.07, 6.45) is 7.29. The smallest absolute Gasteiger partial charge is 0.123 e. The SMILES string of the molecule is CC1(C)CCc2ccc(C3(CN)CCCC3)cc2O1. The average Bonchev–Trinajstić information content (AvgIpc) is 2.87. The number of hydrogen-bond donors (Lipinski definition) is 1. The molecule has 0 atom stereocenters. The minimum atomic E-state index is -0.0306. The van der Waals surface area contributed by atoms with E-state index in [2.05, 4.69) is 32.0 Å². The number of benzene rings is 1. The molecular weight excluding hydrogens is 234 g/mol. The van der Waals surface area contributed by atoms with Crippen molar-refractivity contribution in [1.29, 1.82) is 0 Å². The summed E-state index contributed by atoms with van der Waals surface area (Å²) < 4.78 is 6.17. The molecule has 2 heteroatoms. The van der Waals surface area contributed by atoms with E-state index in [0.29, 0.717) is 0 Å². The van der Waals surface area contributed by atoms with Crippen LogP contribution in [0.1, 0.15) is 57.1 Å². The molecule has 1 aromatic rings. The van der Waals surface area contributed by atoms with Gasteiger partial charge in [-0.3, -0.25) is 0 Å². The van der Waals surface area contributed by atoms with E-state index in [1.165, 1.54) is 36.8 Å². The first-order valence-corrected chi connectivity index (χ1v) is 7.57. The van der Waals surface area contributed by atoms with Crippen molar-refractivity contribution < 1.29 is 4.74 Å². The number of fused-ring (bicyclic) bond motifs is 1. The summed E-state index contributed by atoms with van der Waals surface area (Å²) in [7, 11) is 0. The first-order valence-electron chi connectivity index (χ1n) is 7.57. The molecule has 1 heterocycles. The Balaban J connectivity index is 1.97. The molecule has 0 spiro atoms. The minimum absolute atomic E-state index is 0.0306. The summed E-state index contributed by atoms with van der Waals surface area (Å²) in [5.41, 5.74) is 9.01. The third-order valence-corrected chi connectivity index (χ3v) is 5.01. The van der Waals surface area contributed by atoms with Gasteiger partial charge in [0.1, 0.15) is 11.4 Å². The number of hydrogen-bond acceptors (Lipinski definition) is 2. The van der Waals surface area contributed by atoms with Gasteiger partial charge >= 0.3 is 0 Å². The Labute approximate surface area is 116 Å². The molecule has 1 aromatic carbocycles. The van der Waals surface area contributed by atoms with E-state index in [9.17, 15) is 0 Å². The maximum atomic E-state index is 6.17. The van der Waals surface area contributed by atoms with Crippen molar-refractivity contribution in [1.82, 2.24) is 0 Å². The molecule has 0 unspecified atom stereocenters. The summed E-state index contributed by atoms with van der Waals surface area (Å²) in [6, 6.07) is 6.82. The Hall–Kier alpha value is -1.02. The van der Waals surface area contributed by atoms with Gasteiger partial charge in [0.25, 0.3) is 0 Å². The highest BCUT2D eigenvalue weighted by molar-refractivity contribution is 5.43. The summed E-state index contributed by atoms with van der Waals surface area (Å²) in [6.45, 7) is 5.11. The van der Waals surface area contributed by atoms with Crippen molar-refractivity contribution in [3.05, 3.63) is 29.3 Å². The fraction of sp³-hybridized carbons (Fsp3) is 0.647. The van der Waals surface area contributed by atoms with Gasteiger partial charge < -0.3 is 10.5 Å². The van der Waals surface area contributed by atoms with Crippen molar-refractivity contribution >= 4 is 0 Å². The van der Waals surface area contributed by atoms with Crippen LogP contribution in [-0.4, -0.2) is 12.1 Å². The van der Waals surface area contributed by atoms with Crippen molar-refractivity contribution in [2.24, 2.45) is 5.73 Å². The van der Waals surface area contributed by atoms with E-state index in [1.54, 1.807) is 0 Å². The lowest BCUT2D eigenvalue weighted by Crippen LogP contribution is -2.34. The second-order valence-corrected chi connectivity index (χ2v) is 6.88. The number of nitrogens with two attached hydrogens (primary N) is 1. The normalized spacial score (nSPS) is 23.7. The van der Waals surface area contributed by atoms with Gasteiger partial charge in [-0.15, -0.1) is 0 Å². The summed E-state index contributed by atoms with van der Waals surface area (Å²) in [5, 5.41) is 0. The Morgan fingerprint density at radius 1 is 1.16 bits per heavy atom. The molecule has 2 aliphatic rings. The first-order chi connectivity index (χ1) is 9.05. The lowest BCUT2D eigenvalue weighted by atomic mass is 9.78. The molecule has 2 N–H and O–H groups in total. The second kappa shape index (κ2) is 4.52. The zero-order valence-electron chi connectivity index (χ0n) is 12.2. The van der Waals surface area contributed by atoms with Crippen LogP contribution in [0.2, 0.25) is 0 Å². The highest BCUT2D eigenvalue weighted by Gasteiger charge is 2.35. The molecule has 19 heavy (non-hydrogen) atoms. The average molecular weight is 259 g/mol. The monoisotopic (exact) mass is 259 g/mol. The maximum absolute atomic E-state index is 6.17. The summed E-state index contributed by atoms with van der Waals surface area (Å²) in [5.74, 6) is 1.09. The summed E-state index contributed by atoms with van der Waals surface area (Å²) >= 11 is 0. The van der Waals surface area contributed by atoms with Crippen LogP contribution in [-0.2, 0) is 11.8 Å². The molecule has 1 aliphatic carbocycles. The van der Waals surface area contributed by atoms with Crippen LogP contribution in [0.25, 0.3) is 0 Å². The first kappa shape index (κ1) is 13.0. The third-order valence-electron chi connectivity index (χ3n) is 5.01. The van der Waals surface area contributed by atoms with Crippen LogP contribution in [0.4, 0.5) is 0 Å². The molecule has 3 rings (SSSR count). The maximum Gasteiger partial charge on any atom is 0.123 e. The van der Waals surface area contributed by atoms with Gasteiger partial charge in [0.2, 0.25) is 0 Å². The van der Waals surface area contributed by atoms with Gasteiger partial charge in [-0.25, -0.2) is 0 Å². The van der Waals surface area contributed by atoms with E-state index in [0.717, 1.165) is 25.1 Å². The quantitative estimate of drug-likeness (QED) is 0.881. The molecular formula is C17H25NO. The molecule has 1 aliphatic heterocycles. The van der Waals surface area contributed by atoms with Crippen LogP contribution in [0.15, 0.2) is 18.2 Å². The van der Waals surface area contributed by atoms with Gasteiger partial charge in [-0.05, 0) is 56.7 Å². The van der Waals surface area contributed by atoms with Gasteiger partial charge in [0, 0.05) is 12.0 Å². The predicted octanol–water partition coefficient (Wildman–Crippen LogP) is 3.56. The molecule has 0 amide bonds. The molecule has 0 aromatic heterocycles. The van der Waals surface area contributed by atoms with Crippen LogP contribution >= 0.6 is 0 Å². The van der Waals surface area contributed by atoms with Crippen molar-refractivity contribution in [2.45, 2.75) is 63.4 Å². The second-order valence-electron chi connectivity index (χ2n) is 6.88. The van der Waals surface area contributed by atoms with Crippen molar-refractivity contribution in [3.63, 3.8) is 0 Å².